The van der Waals surface area contributed by atoms with Crippen LogP contribution in [0.5, 0.6) is 0 Å². The third kappa shape index (κ3) is 8.19. The maximum Gasteiger partial charge on any atom is 0.338 e. The summed E-state index contributed by atoms with van der Waals surface area (Å²) >= 11 is 1.60. The molecule has 3 atom stereocenters. The average Bonchev–Trinajstić information content (AvgIpc) is 3.49. The van der Waals surface area contributed by atoms with Crippen LogP contribution in [0.15, 0.2) is 30.3 Å². The standard InChI is InChI=1S/C22H31NO5S/c1-4-27-22(26)20-19(28-20)21(25)23-17(18(24)12-8-9-15(2)3)14-29-13-16-10-6-5-7-11-16/h5-7,10-11,15,17,19-20H,4,8-9,12-14H2,1-3H3,(H,23,25)/t17-,19-,20-/m0/s1. The third-order valence-corrected chi connectivity index (χ3v) is 5.68. The molecule has 1 fully saturated rings. The van der Waals surface area contributed by atoms with Crippen LogP contribution in [0.1, 0.15) is 45.6 Å². The molecule has 1 aromatic carbocycles. The van der Waals surface area contributed by atoms with E-state index < -0.39 is 30.1 Å². The number of nitrogens with one attached hydrogen (secondary N) is 1. The first-order chi connectivity index (χ1) is 13.9. The molecule has 1 aromatic rings. The first-order valence-electron chi connectivity index (χ1n) is 10.2. The van der Waals surface area contributed by atoms with Gasteiger partial charge in [0.2, 0.25) is 0 Å². The molecule has 0 bridgehead atoms. The average molecular weight is 422 g/mol. The van der Waals surface area contributed by atoms with Crippen LogP contribution in [0.25, 0.3) is 0 Å². The van der Waals surface area contributed by atoms with Crippen molar-refractivity contribution in [2.45, 2.75) is 64.0 Å². The molecular formula is C22H31NO5S. The SMILES string of the molecule is CCOC(=O)[C@H]1O[C@@H]1C(=O)N[C@@H](CSCc1ccccc1)C(=O)CCCC(C)C. The number of Topliss-reactive ketones (excluding diaryl/α,β-unsaturated/α-hetero) is 1. The number of epoxide rings is 1. The quantitative estimate of drug-likeness (QED) is 0.389. The second kappa shape index (κ2) is 12.0. The van der Waals surface area contributed by atoms with E-state index in [2.05, 4.69) is 19.2 Å². The molecule has 0 saturated carbocycles. The highest BCUT2D eigenvalue weighted by Crippen LogP contribution is 2.24. The minimum Gasteiger partial charge on any atom is -0.464 e. The van der Waals surface area contributed by atoms with Crippen molar-refractivity contribution in [2.75, 3.05) is 12.4 Å². The fraction of sp³-hybridized carbons (Fsp3) is 0.591. The Morgan fingerprint density at radius 2 is 1.90 bits per heavy atom. The molecule has 1 aliphatic rings. The Kier molecular flexibility index (Phi) is 9.67. The molecule has 1 saturated heterocycles. The van der Waals surface area contributed by atoms with Crippen LogP contribution in [-0.2, 0) is 29.6 Å². The zero-order valence-corrected chi connectivity index (χ0v) is 18.2. The summed E-state index contributed by atoms with van der Waals surface area (Å²) in [6, 6.07) is 9.40. The molecule has 1 N–H and O–H groups in total. The summed E-state index contributed by atoms with van der Waals surface area (Å²) in [6.07, 6.45) is 0.488. The van der Waals surface area contributed by atoms with E-state index in [1.165, 1.54) is 5.56 Å². The minimum absolute atomic E-state index is 0.0212. The zero-order valence-electron chi connectivity index (χ0n) is 17.4. The smallest absolute Gasteiger partial charge is 0.338 e. The van der Waals surface area contributed by atoms with E-state index in [0.717, 1.165) is 18.6 Å². The zero-order chi connectivity index (χ0) is 21.2. The van der Waals surface area contributed by atoms with Gasteiger partial charge in [-0.15, -0.1) is 0 Å². The van der Waals surface area contributed by atoms with E-state index >= 15 is 0 Å². The van der Waals surface area contributed by atoms with Gasteiger partial charge in [0, 0.05) is 17.9 Å². The highest BCUT2D eigenvalue weighted by Gasteiger charge is 2.52. The molecule has 160 valence electrons. The van der Waals surface area contributed by atoms with Gasteiger partial charge < -0.3 is 14.8 Å². The van der Waals surface area contributed by atoms with Gasteiger partial charge in [-0.3, -0.25) is 9.59 Å². The molecular weight excluding hydrogens is 390 g/mol. The molecule has 0 aromatic heterocycles. The first kappa shape index (κ1) is 23.4. The van der Waals surface area contributed by atoms with Gasteiger partial charge in [-0.1, -0.05) is 50.6 Å². The van der Waals surface area contributed by atoms with Crippen LogP contribution in [0.3, 0.4) is 0 Å². The van der Waals surface area contributed by atoms with Gasteiger partial charge in [0.25, 0.3) is 5.91 Å². The van der Waals surface area contributed by atoms with Crippen LogP contribution in [-0.4, -0.2) is 48.3 Å². The topological polar surface area (TPSA) is 85.0 Å². The van der Waals surface area contributed by atoms with Crippen molar-refractivity contribution in [1.29, 1.82) is 0 Å². The summed E-state index contributed by atoms with van der Waals surface area (Å²) in [7, 11) is 0. The van der Waals surface area contributed by atoms with E-state index in [4.69, 9.17) is 9.47 Å². The number of ether oxygens (including phenoxy) is 2. The molecule has 0 radical (unpaired) electrons. The maximum atomic E-state index is 12.7. The van der Waals surface area contributed by atoms with Crippen molar-refractivity contribution >= 4 is 29.4 Å². The second-order valence-corrected chi connectivity index (χ2v) is 8.57. The summed E-state index contributed by atoms with van der Waals surface area (Å²) in [5, 5.41) is 2.79. The van der Waals surface area contributed by atoms with Crippen molar-refractivity contribution in [3.8, 4) is 0 Å². The molecule has 7 heteroatoms. The first-order valence-corrected chi connectivity index (χ1v) is 11.3. The number of ketones is 1. The normalized spacial score (nSPS) is 18.9. The second-order valence-electron chi connectivity index (χ2n) is 7.54. The van der Waals surface area contributed by atoms with Crippen molar-refractivity contribution in [2.24, 2.45) is 5.92 Å². The third-order valence-electron chi connectivity index (χ3n) is 4.57. The fourth-order valence-corrected chi connectivity index (χ4v) is 3.96. The van der Waals surface area contributed by atoms with Crippen LogP contribution in [0.2, 0.25) is 0 Å². The van der Waals surface area contributed by atoms with Crippen molar-refractivity contribution in [3.05, 3.63) is 35.9 Å². The van der Waals surface area contributed by atoms with Gasteiger partial charge in [0.15, 0.2) is 18.0 Å². The van der Waals surface area contributed by atoms with E-state index in [9.17, 15) is 14.4 Å². The molecule has 0 spiro atoms. The molecule has 0 aliphatic carbocycles. The summed E-state index contributed by atoms with van der Waals surface area (Å²) in [4.78, 5) is 36.8. The molecule has 1 amide bonds. The minimum atomic E-state index is -0.862. The number of rotatable bonds is 13. The lowest BCUT2D eigenvalue weighted by Crippen LogP contribution is -2.45. The number of carbonyl (C=O) groups excluding carboxylic acids is 3. The lowest BCUT2D eigenvalue weighted by atomic mass is 10.0. The van der Waals surface area contributed by atoms with Gasteiger partial charge in [-0.05, 0) is 24.8 Å². The van der Waals surface area contributed by atoms with Crippen molar-refractivity contribution < 1.29 is 23.9 Å². The molecule has 1 heterocycles. The van der Waals surface area contributed by atoms with E-state index in [1.807, 2.05) is 30.3 Å². The highest BCUT2D eigenvalue weighted by molar-refractivity contribution is 7.98. The number of hydrogen-bond donors (Lipinski definition) is 1. The van der Waals surface area contributed by atoms with Gasteiger partial charge in [0.1, 0.15) is 0 Å². The lowest BCUT2D eigenvalue weighted by Gasteiger charge is -2.17. The van der Waals surface area contributed by atoms with Crippen LogP contribution < -0.4 is 5.32 Å². The molecule has 1 aliphatic heterocycles. The van der Waals surface area contributed by atoms with Gasteiger partial charge >= 0.3 is 5.97 Å². The molecule has 0 unspecified atom stereocenters. The summed E-state index contributed by atoms with van der Waals surface area (Å²) < 4.78 is 10.0. The van der Waals surface area contributed by atoms with Gasteiger partial charge in [-0.2, -0.15) is 11.8 Å². The van der Waals surface area contributed by atoms with Gasteiger partial charge in [-0.25, -0.2) is 4.79 Å². The summed E-state index contributed by atoms with van der Waals surface area (Å²) in [5.74, 6) is 0.841. The molecule has 29 heavy (non-hydrogen) atoms. The maximum absolute atomic E-state index is 12.7. The number of hydrogen-bond acceptors (Lipinski definition) is 6. The number of thioether (sulfide) groups is 1. The Labute approximate surface area is 177 Å². The van der Waals surface area contributed by atoms with Crippen LogP contribution >= 0.6 is 11.8 Å². The van der Waals surface area contributed by atoms with E-state index in [1.54, 1.807) is 18.7 Å². The van der Waals surface area contributed by atoms with E-state index in [-0.39, 0.29) is 12.4 Å². The van der Waals surface area contributed by atoms with E-state index in [0.29, 0.717) is 18.1 Å². The predicted molar refractivity (Wildman–Crippen MR) is 114 cm³/mol. The predicted octanol–water partition coefficient (Wildman–Crippen LogP) is 3.13. The lowest BCUT2D eigenvalue weighted by molar-refractivity contribution is -0.144. The monoisotopic (exact) mass is 421 g/mol. The molecule has 2 rings (SSSR count). The molecule has 6 nitrogen and oxygen atoms in total. The van der Waals surface area contributed by atoms with Crippen LogP contribution in [0, 0.1) is 5.92 Å². The number of amides is 1. The Balaban J connectivity index is 1.88. The van der Waals surface area contributed by atoms with Gasteiger partial charge in [0.05, 0.1) is 12.6 Å². The Morgan fingerprint density at radius 1 is 1.17 bits per heavy atom. The number of esters is 1. The Morgan fingerprint density at radius 3 is 2.55 bits per heavy atom. The Bertz CT molecular complexity index is 679. The summed E-state index contributed by atoms with van der Waals surface area (Å²) in [5.41, 5.74) is 1.17. The number of carbonyl (C=O) groups is 3. The van der Waals surface area contributed by atoms with Crippen molar-refractivity contribution in [3.63, 3.8) is 0 Å². The highest BCUT2D eigenvalue weighted by atomic mass is 32.2. The Hall–Kier alpha value is -1.86. The van der Waals surface area contributed by atoms with Crippen LogP contribution in [0.4, 0.5) is 0 Å². The van der Waals surface area contributed by atoms with Crippen molar-refractivity contribution in [1.82, 2.24) is 5.32 Å². The largest absolute Gasteiger partial charge is 0.464 e. The number of benzene rings is 1. The summed E-state index contributed by atoms with van der Waals surface area (Å²) in [6.45, 7) is 6.18. The fourth-order valence-electron chi connectivity index (χ4n) is 2.91.